The minimum Gasteiger partial charge on any atom is -0.481 e. The zero-order valence-corrected chi connectivity index (χ0v) is 12.1. The number of halogens is 6. The summed E-state index contributed by atoms with van der Waals surface area (Å²) in [4.78, 5) is 10.9. The van der Waals surface area contributed by atoms with Gasteiger partial charge in [-0.25, -0.2) is 0 Å². The van der Waals surface area contributed by atoms with Gasteiger partial charge in [-0.15, -0.1) is 0 Å². The standard InChI is InChI=1S/C12H13NO2.F6P/c14-12(15)10-5-4-6-11(9-10)13-7-2-1-3-8-13;1-7(2,3,4,5)6/h1-3,6-8,10H,4-5,9H2;/q;-1/p+1. The molecule has 0 amide bonds. The summed E-state index contributed by atoms with van der Waals surface area (Å²) in [7, 11) is -10.7. The number of aliphatic carboxylic acids is 1. The second-order valence-electron chi connectivity index (χ2n) is 4.75. The van der Waals surface area contributed by atoms with Crippen molar-refractivity contribution in [2.24, 2.45) is 5.92 Å². The number of nitrogens with zero attached hydrogens (tertiary/aromatic N) is 1. The normalized spacial score (nSPS) is 21.5. The van der Waals surface area contributed by atoms with Crippen molar-refractivity contribution in [1.29, 1.82) is 0 Å². The molecule has 10 heteroatoms. The predicted octanol–water partition coefficient (Wildman–Crippen LogP) is 5.08. The van der Waals surface area contributed by atoms with Gasteiger partial charge in [-0.2, -0.15) is 4.57 Å². The molecule has 0 aliphatic heterocycles. The molecule has 0 aromatic carbocycles. The molecule has 1 aliphatic carbocycles. The Morgan fingerprint density at radius 2 is 1.59 bits per heavy atom. The van der Waals surface area contributed by atoms with Crippen LogP contribution in [0.1, 0.15) is 19.3 Å². The second-order valence-corrected chi connectivity index (χ2v) is 6.67. The number of rotatable bonds is 2. The van der Waals surface area contributed by atoms with E-state index in [1.54, 1.807) is 0 Å². The van der Waals surface area contributed by atoms with E-state index in [1.807, 2.05) is 35.2 Å². The average molecular weight is 349 g/mol. The van der Waals surface area contributed by atoms with Gasteiger partial charge in [0.25, 0.3) is 0 Å². The van der Waals surface area contributed by atoms with E-state index in [2.05, 4.69) is 6.08 Å². The maximum absolute atomic E-state index is 10.9. The van der Waals surface area contributed by atoms with E-state index in [4.69, 9.17) is 5.11 Å². The number of carboxylic acids is 1. The molecule has 0 radical (unpaired) electrons. The van der Waals surface area contributed by atoms with Crippen LogP contribution in [-0.2, 0) is 4.79 Å². The van der Waals surface area contributed by atoms with Gasteiger partial charge in [0.05, 0.1) is 5.92 Å². The van der Waals surface area contributed by atoms with Crippen LogP contribution in [0.2, 0.25) is 0 Å². The largest absolute Gasteiger partial charge is 0.481 e. The third-order valence-electron chi connectivity index (χ3n) is 2.75. The van der Waals surface area contributed by atoms with Crippen LogP contribution in [0.15, 0.2) is 36.7 Å². The van der Waals surface area contributed by atoms with Crippen molar-refractivity contribution >= 4 is 19.5 Å². The van der Waals surface area contributed by atoms with Gasteiger partial charge >= 0.3 is 39.0 Å². The Morgan fingerprint density at radius 3 is 2.05 bits per heavy atom. The molecule has 1 aromatic rings. The summed E-state index contributed by atoms with van der Waals surface area (Å²) in [5.41, 5.74) is 1.09. The molecule has 0 bridgehead atoms. The zero-order chi connectivity index (χ0) is 17.1. The molecule has 0 spiro atoms. The summed E-state index contributed by atoms with van der Waals surface area (Å²) in [6.45, 7) is 0. The summed E-state index contributed by atoms with van der Waals surface area (Å²) < 4.78 is 61.2. The van der Waals surface area contributed by atoms with Crippen LogP contribution in [0, 0.1) is 5.92 Å². The molecule has 1 N–H and O–H groups in total. The first-order valence-electron chi connectivity index (χ1n) is 6.17. The molecule has 1 aromatic heterocycles. The Labute approximate surface area is 122 Å². The Balaban J connectivity index is 0.000000295. The van der Waals surface area contributed by atoms with Crippen LogP contribution in [0.25, 0.3) is 5.70 Å². The van der Waals surface area contributed by atoms with Gasteiger partial charge < -0.3 is 5.11 Å². The topological polar surface area (TPSA) is 41.2 Å². The van der Waals surface area contributed by atoms with Crippen molar-refractivity contribution < 1.29 is 39.6 Å². The predicted molar refractivity (Wildman–Crippen MR) is 69.5 cm³/mol. The summed E-state index contributed by atoms with van der Waals surface area (Å²) in [6.07, 6.45) is 8.27. The van der Waals surface area contributed by atoms with Gasteiger partial charge in [-0.3, -0.25) is 4.79 Å². The summed E-state index contributed by atoms with van der Waals surface area (Å²) in [6, 6.07) is 5.85. The molecule has 2 rings (SSSR count). The third kappa shape index (κ3) is 9.33. The van der Waals surface area contributed by atoms with Crippen LogP contribution < -0.4 is 4.57 Å². The molecule has 3 nitrogen and oxygen atoms in total. The minimum absolute atomic E-state index is 0.224. The van der Waals surface area contributed by atoms with Crippen LogP contribution in [-0.4, -0.2) is 11.1 Å². The first-order valence-corrected chi connectivity index (χ1v) is 8.20. The van der Waals surface area contributed by atoms with Crippen LogP contribution in [0.3, 0.4) is 0 Å². The average Bonchev–Trinajstić information content (AvgIpc) is 2.36. The van der Waals surface area contributed by atoms with E-state index in [0.29, 0.717) is 6.42 Å². The van der Waals surface area contributed by atoms with Crippen molar-refractivity contribution in [2.45, 2.75) is 19.3 Å². The quantitative estimate of drug-likeness (QED) is 0.459. The monoisotopic (exact) mass is 349 g/mol. The Bertz CT molecular complexity index is 558. The first kappa shape index (κ1) is 18.4. The number of carboxylic acid groups (broad SMARTS) is 1. The SMILES string of the molecule is F[P-](F)(F)(F)(F)F.O=C(O)C1CCC=C([n+]2ccccc2)C1. The second kappa shape index (κ2) is 5.53. The van der Waals surface area contributed by atoms with Crippen molar-refractivity contribution in [1.82, 2.24) is 0 Å². The van der Waals surface area contributed by atoms with Gasteiger partial charge in [-0.1, -0.05) is 6.07 Å². The van der Waals surface area contributed by atoms with Gasteiger partial charge in [0.1, 0.15) is 0 Å². The third-order valence-corrected chi connectivity index (χ3v) is 2.75. The van der Waals surface area contributed by atoms with Crippen LogP contribution >= 0.6 is 7.81 Å². The van der Waals surface area contributed by atoms with E-state index in [1.165, 1.54) is 0 Å². The number of aromatic nitrogens is 1. The van der Waals surface area contributed by atoms with Gasteiger partial charge in [0.15, 0.2) is 18.1 Å². The molecule has 126 valence electrons. The molecule has 1 aliphatic rings. The van der Waals surface area contributed by atoms with Crippen LogP contribution in [0.4, 0.5) is 25.2 Å². The fourth-order valence-electron chi connectivity index (χ4n) is 1.90. The first-order chi connectivity index (χ1) is 9.72. The van der Waals surface area contributed by atoms with Crippen molar-refractivity contribution in [3.8, 4) is 0 Å². The van der Waals surface area contributed by atoms with E-state index < -0.39 is 13.8 Å². The molecular weight excluding hydrogens is 335 g/mol. The number of pyridine rings is 1. The van der Waals surface area contributed by atoms with Gasteiger partial charge in [-0.05, 0) is 18.9 Å². The number of carbonyl (C=O) groups is 1. The van der Waals surface area contributed by atoms with Gasteiger partial charge in [0.2, 0.25) is 0 Å². The molecule has 0 saturated heterocycles. The zero-order valence-electron chi connectivity index (χ0n) is 11.2. The fourth-order valence-corrected chi connectivity index (χ4v) is 1.90. The molecule has 1 heterocycles. The Morgan fingerprint density at radius 1 is 1.09 bits per heavy atom. The molecule has 22 heavy (non-hydrogen) atoms. The Kier molecular flexibility index (Phi) is 4.63. The Hall–Kier alpha value is -1.63. The molecule has 0 fully saturated rings. The van der Waals surface area contributed by atoms with E-state index in [-0.39, 0.29) is 5.92 Å². The molecular formula is C12H14F6NO2P. The molecule has 1 atom stereocenters. The van der Waals surface area contributed by atoms with E-state index in [0.717, 1.165) is 18.5 Å². The van der Waals surface area contributed by atoms with Crippen molar-refractivity contribution in [2.75, 3.05) is 0 Å². The minimum atomic E-state index is -10.7. The summed E-state index contributed by atoms with van der Waals surface area (Å²) in [5.74, 6) is -0.908. The maximum atomic E-state index is 10.9. The fraction of sp³-hybridized carbons (Fsp3) is 0.333. The molecule has 0 saturated carbocycles. The number of hydrogen-bond donors (Lipinski definition) is 1. The van der Waals surface area contributed by atoms with Crippen LogP contribution in [0.5, 0.6) is 0 Å². The number of hydrogen-bond acceptors (Lipinski definition) is 1. The van der Waals surface area contributed by atoms with Crippen molar-refractivity contribution in [3.63, 3.8) is 0 Å². The number of allylic oxidation sites excluding steroid dienone is 2. The maximum Gasteiger partial charge on any atom is 0.307 e. The summed E-state index contributed by atoms with van der Waals surface area (Å²) >= 11 is 0. The van der Waals surface area contributed by atoms with Crippen molar-refractivity contribution in [3.05, 3.63) is 36.7 Å². The smallest absolute Gasteiger partial charge is 0.307 e. The van der Waals surface area contributed by atoms with E-state index >= 15 is 0 Å². The molecule has 1 unspecified atom stereocenters. The van der Waals surface area contributed by atoms with Gasteiger partial charge in [0, 0.05) is 18.6 Å². The van der Waals surface area contributed by atoms with E-state index in [9.17, 15) is 30.0 Å². The summed E-state index contributed by atoms with van der Waals surface area (Å²) in [5, 5.41) is 8.97.